The highest BCUT2D eigenvalue weighted by Crippen LogP contribution is 2.26. The van der Waals surface area contributed by atoms with Crippen LogP contribution in [0.2, 0.25) is 0 Å². The molecule has 0 heterocycles. The zero-order chi connectivity index (χ0) is 29.0. The third-order valence-corrected chi connectivity index (χ3v) is 5.37. The first-order chi connectivity index (χ1) is 17.7. The smallest absolute Gasteiger partial charge is 0.408 e. The second-order valence-corrected chi connectivity index (χ2v) is 10.1. The number of nitrogens with two attached hydrogens (primary N) is 1. The van der Waals surface area contributed by atoms with Gasteiger partial charge in [0.05, 0.1) is 19.4 Å². The number of nitrogens with one attached hydrogen (secondary N) is 2. The van der Waals surface area contributed by atoms with E-state index in [0.717, 1.165) is 12.0 Å². The first kappa shape index (κ1) is 32.4. The zero-order valence-corrected chi connectivity index (χ0v) is 23.5. The maximum atomic E-state index is 13.8. The molecule has 4 N–H and O–H groups in total. The van der Waals surface area contributed by atoms with Crippen molar-refractivity contribution >= 4 is 29.8 Å². The number of ether oxygens (including phenoxy) is 2. The Balaban J connectivity index is 3.40. The Hall–Kier alpha value is -3.63. The van der Waals surface area contributed by atoms with Crippen LogP contribution in [0.1, 0.15) is 78.5 Å². The summed E-state index contributed by atoms with van der Waals surface area (Å²) in [5.74, 6) is -2.49. The Kier molecular flexibility index (Phi) is 12.7. The van der Waals surface area contributed by atoms with E-state index in [4.69, 9.17) is 15.2 Å². The minimum Gasteiger partial charge on any atom is -0.466 e. The number of hydrogen-bond acceptors (Lipinski definition) is 7. The summed E-state index contributed by atoms with van der Waals surface area (Å²) in [6.45, 7) is 12.3. The van der Waals surface area contributed by atoms with Crippen LogP contribution < -0.4 is 16.4 Å². The summed E-state index contributed by atoms with van der Waals surface area (Å²) in [6.07, 6.45) is -0.651. The van der Waals surface area contributed by atoms with Crippen LogP contribution in [-0.2, 0) is 35.1 Å². The average Bonchev–Trinajstić information content (AvgIpc) is 2.80. The number of hydrogen-bond donors (Lipinski definition) is 3. The molecule has 38 heavy (non-hydrogen) atoms. The van der Waals surface area contributed by atoms with Crippen LogP contribution in [0.25, 0.3) is 0 Å². The molecule has 0 bridgehead atoms. The van der Waals surface area contributed by atoms with Gasteiger partial charge in [-0.05, 0) is 59.1 Å². The quantitative estimate of drug-likeness (QED) is 0.328. The molecule has 1 aromatic carbocycles. The van der Waals surface area contributed by atoms with Crippen molar-refractivity contribution in [1.82, 2.24) is 15.5 Å². The van der Waals surface area contributed by atoms with Crippen LogP contribution in [0.3, 0.4) is 0 Å². The molecule has 0 aliphatic heterocycles. The summed E-state index contributed by atoms with van der Waals surface area (Å²) >= 11 is 0. The van der Waals surface area contributed by atoms with E-state index in [1.165, 1.54) is 4.90 Å². The van der Waals surface area contributed by atoms with Crippen LogP contribution in [0.4, 0.5) is 4.79 Å². The lowest BCUT2D eigenvalue weighted by atomic mass is 9.98. The first-order valence-corrected chi connectivity index (χ1v) is 12.8. The number of carbonyl (C=O) groups is 5. The Labute approximate surface area is 224 Å². The Bertz CT molecular complexity index is 971. The molecule has 0 fully saturated rings. The summed E-state index contributed by atoms with van der Waals surface area (Å²) in [4.78, 5) is 64.6. The number of alkyl carbamates (subject to hydrolysis) is 1. The van der Waals surface area contributed by atoms with Crippen molar-refractivity contribution < 1.29 is 33.4 Å². The molecule has 0 radical (unpaired) electrons. The highest BCUT2D eigenvalue weighted by molar-refractivity contribution is 5.94. The predicted octanol–water partition coefficient (Wildman–Crippen LogP) is 2.37. The lowest BCUT2D eigenvalue weighted by molar-refractivity contribution is -0.146. The van der Waals surface area contributed by atoms with Crippen molar-refractivity contribution in [2.45, 2.75) is 91.5 Å². The third-order valence-electron chi connectivity index (χ3n) is 5.37. The Morgan fingerprint density at radius 1 is 1.03 bits per heavy atom. The molecule has 0 aromatic heterocycles. The van der Waals surface area contributed by atoms with Gasteiger partial charge in [0.25, 0.3) is 0 Å². The molecule has 4 amide bonds. The van der Waals surface area contributed by atoms with Crippen LogP contribution in [0.5, 0.6) is 0 Å². The molecular formula is C27H42N4O7. The van der Waals surface area contributed by atoms with E-state index in [-0.39, 0.29) is 19.6 Å². The summed E-state index contributed by atoms with van der Waals surface area (Å²) in [5, 5.41) is 5.13. The lowest BCUT2D eigenvalue weighted by Crippen LogP contribution is -2.56. The highest BCUT2D eigenvalue weighted by Gasteiger charge is 2.38. The molecular weight excluding hydrogens is 492 g/mol. The second-order valence-electron chi connectivity index (χ2n) is 10.1. The summed E-state index contributed by atoms with van der Waals surface area (Å²) in [5.41, 5.74) is 6.10. The van der Waals surface area contributed by atoms with Crippen molar-refractivity contribution in [3.63, 3.8) is 0 Å². The summed E-state index contributed by atoms with van der Waals surface area (Å²) < 4.78 is 10.2. The number of esters is 1. The van der Waals surface area contributed by atoms with E-state index in [1.807, 2.05) is 19.1 Å². The zero-order valence-electron chi connectivity index (χ0n) is 23.5. The third kappa shape index (κ3) is 10.8. The van der Waals surface area contributed by atoms with E-state index in [2.05, 4.69) is 10.6 Å². The molecule has 0 aliphatic carbocycles. The number of rotatable bonds is 13. The van der Waals surface area contributed by atoms with E-state index in [1.54, 1.807) is 53.7 Å². The second kappa shape index (κ2) is 14.9. The van der Waals surface area contributed by atoms with Gasteiger partial charge in [-0.25, -0.2) is 4.79 Å². The summed E-state index contributed by atoms with van der Waals surface area (Å²) in [6, 6.07) is 4.21. The maximum absolute atomic E-state index is 13.8. The summed E-state index contributed by atoms with van der Waals surface area (Å²) in [7, 11) is 0. The van der Waals surface area contributed by atoms with Gasteiger partial charge in [-0.2, -0.15) is 0 Å². The normalized spacial score (nSPS) is 12.7. The van der Waals surface area contributed by atoms with Gasteiger partial charge in [0.2, 0.25) is 17.7 Å². The number of carbonyl (C=O) groups excluding carboxylic acids is 5. The van der Waals surface area contributed by atoms with Crippen molar-refractivity contribution in [1.29, 1.82) is 0 Å². The first-order valence-electron chi connectivity index (χ1n) is 12.8. The van der Waals surface area contributed by atoms with Gasteiger partial charge in [0.1, 0.15) is 17.7 Å². The number of nitrogens with zero attached hydrogens (tertiary/aromatic N) is 1. The standard InChI is InChI=1S/C27H42N4O7/c1-8-18-10-12-19(13-11-18)23(24(34)29-15-14-22(33)37-9-2)31(17(3)4)25(35)20(16-21(28)32)30-26(36)38-27(5,6)7/h10-13,17,20,23H,8-9,14-16H2,1-7H3,(H2,28,32)(H,29,34)(H,30,36). The Morgan fingerprint density at radius 2 is 1.63 bits per heavy atom. The average molecular weight is 535 g/mol. The SMILES string of the molecule is CCOC(=O)CCNC(=O)C(c1ccc(CC)cc1)N(C(=O)C(CC(N)=O)NC(=O)OC(C)(C)C)C(C)C. The van der Waals surface area contributed by atoms with Crippen molar-refractivity contribution in [2.24, 2.45) is 5.73 Å². The lowest BCUT2D eigenvalue weighted by Gasteiger charge is -2.37. The van der Waals surface area contributed by atoms with Gasteiger partial charge in [-0.1, -0.05) is 31.2 Å². The molecule has 0 saturated carbocycles. The topological polar surface area (TPSA) is 157 Å². The van der Waals surface area contributed by atoms with E-state index in [0.29, 0.717) is 5.56 Å². The Morgan fingerprint density at radius 3 is 2.11 bits per heavy atom. The minimum atomic E-state index is -1.37. The molecule has 1 aromatic rings. The fraction of sp³-hybridized carbons (Fsp3) is 0.593. The van der Waals surface area contributed by atoms with E-state index < -0.39 is 59.9 Å². The van der Waals surface area contributed by atoms with Crippen LogP contribution in [0, 0.1) is 0 Å². The van der Waals surface area contributed by atoms with Crippen molar-refractivity contribution in [3.05, 3.63) is 35.4 Å². The number of amides is 4. The molecule has 0 aliphatic rings. The fourth-order valence-electron chi connectivity index (χ4n) is 3.70. The van der Waals surface area contributed by atoms with Crippen molar-refractivity contribution in [2.75, 3.05) is 13.2 Å². The van der Waals surface area contributed by atoms with Crippen LogP contribution in [0.15, 0.2) is 24.3 Å². The number of aryl methyl sites for hydroxylation is 1. The van der Waals surface area contributed by atoms with Gasteiger partial charge in [0, 0.05) is 12.6 Å². The largest absolute Gasteiger partial charge is 0.466 e. The van der Waals surface area contributed by atoms with Crippen LogP contribution >= 0.6 is 0 Å². The molecule has 2 unspecified atom stereocenters. The maximum Gasteiger partial charge on any atom is 0.408 e. The molecule has 0 spiro atoms. The fourth-order valence-corrected chi connectivity index (χ4v) is 3.70. The molecule has 11 nitrogen and oxygen atoms in total. The highest BCUT2D eigenvalue weighted by atomic mass is 16.6. The van der Waals surface area contributed by atoms with E-state index >= 15 is 0 Å². The molecule has 11 heteroatoms. The molecule has 2 atom stereocenters. The van der Waals surface area contributed by atoms with Gasteiger partial charge in [0.15, 0.2) is 0 Å². The predicted molar refractivity (Wildman–Crippen MR) is 142 cm³/mol. The monoisotopic (exact) mass is 534 g/mol. The molecule has 1 rings (SSSR count). The van der Waals surface area contributed by atoms with E-state index in [9.17, 15) is 24.0 Å². The van der Waals surface area contributed by atoms with Gasteiger partial charge in [-0.3, -0.25) is 19.2 Å². The van der Waals surface area contributed by atoms with Gasteiger partial charge < -0.3 is 30.7 Å². The van der Waals surface area contributed by atoms with Gasteiger partial charge >= 0.3 is 12.1 Å². The molecule has 212 valence electrons. The number of primary amides is 1. The molecule has 0 saturated heterocycles. The van der Waals surface area contributed by atoms with Gasteiger partial charge in [-0.15, -0.1) is 0 Å². The number of benzene rings is 1. The minimum absolute atomic E-state index is 0.00219. The van der Waals surface area contributed by atoms with Crippen molar-refractivity contribution in [3.8, 4) is 0 Å². The van der Waals surface area contributed by atoms with Crippen LogP contribution in [-0.4, -0.2) is 65.5 Å².